The van der Waals surface area contributed by atoms with Crippen molar-refractivity contribution < 1.29 is 0 Å². The Kier molecular flexibility index (Phi) is 9.17. The van der Waals surface area contributed by atoms with Crippen molar-refractivity contribution in [1.29, 1.82) is 0 Å². The first kappa shape index (κ1) is 27.3. The second kappa shape index (κ2) is 9.40. The minimum atomic E-state index is -2.81. The van der Waals surface area contributed by atoms with Crippen LogP contribution in [-0.4, -0.2) is 113 Å². The molecule has 1 aliphatic rings. The maximum absolute atomic E-state index is 7.19. The first-order valence-electron chi connectivity index (χ1n) is 8.50. The molecule has 0 saturated carbocycles. The van der Waals surface area contributed by atoms with E-state index in [4.69, 9.17) is 40.5 Å². The SMILES string of the molecule is CN(C)P1(Cl)=NP(N(C)C)(N(C)C)=NP(Cl)(N(C)C)=NP(N(C)C)(N(C)C)=N1. The summed E-state index contributed by atoms with van der Waals surface area (Å²) < 4.78 is 32.6. The normalized spacial score (nSPS) is 30.1. The van der Waals surface area contributed by atoms with Gasteiger partial charge >= 0.3 is 0 Å². The Morgan fingerprint density at radius 2 is 0.607 bits per heavy atom. The summed E-state index contributed by atoms with van der Waals surface area (Å²) in [6, 6.07) is 0. The zero-order valence-electron chi connectivity index (χ0n) is 19.0. The highest BCUT2D eigenvalue weighted by atomic mass is 35.7. The van der Waals surface area contributed by atoms with Gasteiger partial charge in [0.2, 0.25) is 28.4 Å². The number of nitrogens with zero attached hydrogens (tertiary/aromatic N) is 10. The average molecular weight is 515 g/mol. The molecule has 2 unspecified atom stereocenters. The standard InChI is InChI=1S/C12H36Cl2N10P4/c1-19(2)25(13)15-27(21(5)6,22(7)8)17-26(14,20(3)4)18-28(16-25,23(9)10)24(11)12/h1-12H3. The van der Waals surface area contributed by atoms with Gasteiger partial charge in [0.15, 0.2) is 0 Å². The minimum absolute atomic E-state index is 1.90. The zero-order chi connectivity index (χ0) is 22.3. The van der Waals surface area contributed by atoms with Crippen molar-refractivity contribution in [2.75, 3.05) is 84.6 Å². The van der Waals surface area contributed by atoms with Gasteiger partial charge in [0, 0.05) is 0 Å². The molecule has 16 heteroatoms. The van der Waals surface area contributed by atoms with E-state index in [1.807, 2.05) is 113 Å². The first-order valence-corrected chi connectivity index (χ1v) is 16.8. The lowest BCUT2D eigenvalue weighted by Crippen LogP contribution is -2.23. The third-order valence-electron chi connectivity index (χ3n) is 4.10. The van der Waals surface area contributed by atoms with Crippen LogP contribution in [0.3, 0.4) is 0 Å². The summed E-state index contributed by atoms with van der Waals surface area (Å²) in [4.78, 5) is 0. The second-order valence-electron chi connectivity index (χ2n) is 7.50. The van der Waals surface area contributed by atoms with E-state index in [-0.39, 0.29) is 0 Å². The van der Waals surface area contributed by atoms with E-state index in [2.05, 4.69) is 0 Å². The van der Waals surface area contributed by atoms with Crippen LogP contribution in [0.4, 0.5) is 0 Å². The molecule has 28 heavy (non-hydrogen) atoms. The Morgan fingerprint density at radius 1 is 0.393 bits per heavy atom. The van der Waals surface area contributed by atoms with Crippen LogP contribution in [0, 0.1) is 0 Å². The molecule has 2 atom stereocenters. The van der Waals surface area contributed by atoms with Crippen molar-refractivity contribution >= 4 is 50.9 Å². The molecule has 0 bridgehead atoms. The van der Waals surface area contributed by atoms with E-state index < -0.39 is 28.4 Å². The fraction of sp³-hybridized carbons (Fsp3) is 1.00. The van der Waals surface area contributed by atoms with Crippen molar-refractivity contribution in [3.63, 3.8) is 0 Å². The Bertz CT molecular complexity index is 712. The molecule has 0 aromatic heterocycles. The van der Waals surface area contributed by atoms with E-state index in [1.54, 1.807) is 0 Å². The third kappa shape index (κ3) is 5.01. The minimum Gasteiger partial charge on any atom is -0.246 e. The van der Waals surface area contributed by atoms with Gasteiger partial charge in [-0.15, -0.1) is 0 Å². The highest BCUT2D eigenvalue weighted by Gasteiger charge is 2.41. The molecule has 0 aromatic carbocycles. The number of halogens is 2. The van der Waals surface area contributed by atoms with Crippen molar-refractivity contribution in [3.05, 3.63) is 0 Å². The van der Waals surface area contributed by atoms with Crippen LogP contribution in [0.5, 0.6) is 0 Å². The second-order valence-corrected chi connectivity index (χ2v) is 22.0. The smallest absolute Gasteiger partial charge is 0.239 e. The van der Waals surface area contributed by atoms with Crippen LogP contribution in [0.2, 0.25) is 0 Å². The Labute approximate surface area is 181 Å². The average Bonchev–Trinajstić information content (AvgIpc) is 2.50. The summed E-state index contributed by atoms with van der Waals surface area (Å²) in [5.41, 5.74) is 0. The van der Waals surface area contributed by atoms with Gasteiger partial charge in [-0.25, -0.2) is 28.0 Å². The first-order chi connectivity index (χ1) is 12.5. The van der Waals surface area contributed by atoms with Crippen molar-refractivity contribution in [3.8, 4) is 0 Å². The topological polar surface area (TPSA) is 68.9 Å². The Hall–Kier alpha value is 1.26. The van der Waals surface area contributed by atoms with Gasteiger partial charge in [0.05, 0.1) is 0 Å². The van der Waals surface area contributed by atoms with E-state index in [9.17, 15) is 0 Å². The van der Waals surface area contributed by atoms with Crippen LogP contribution in [-0.2, 0) is 0 Å². The molecular formula is C12H36Cl2N10P4. The molecule has 168 valence electrons. The van der Waals surface area contributed by atoms with Gasteiger partial charge in [-0.1, -0.05) is 0 Å². The Morgan fingerprint density at radius 3 is 0.750 bits per heavy atom. The summed E-state index contributed by atoms with van der Waals surface area (Å²) in [5, 5.41) is 0. The van der Waals surface area contributed by atoms with Crippen LogP contribution in [0.25, 0.3) is 0 Å². The fourth-order valence-corrected chi connectivity index (χ4v) is 21.5. The molecule has 1 rings (SSSR count). The number of hydrogen-bond acceptors (Lipinski definition) is 10. The molecule has 0 spiro atoms. The van der Waals surface area contributed by atoms with E-state index >= 15 is 0 Å². The van der Waals surface area contributed by atoms with E-state index in [1.165, 1.54) is 0 Å². The highest BCUT2D eigenvalue weighted by Crippen LogP contribution is 2.83. The van der Waals surface area contributed by atoms with Gasteiger partial charge < -0.3 is 0 Å². The molecule has 1 heterocycles. The summed E-state index contributed by atoms with van der Waals surface area (Å²) in [5.74, 6) is 0. The van der Waals surface area contributed by atoms with Crippen molar-refractivity contribution in [1.82, 2.24) is 28.0 Å². The maximum atomic E-state index is 7.19. The number of hydrogen-bond donors (Lipinski definition) is 0. The van der Waals surface area contributed by atoms with E-state index in [0.29, 0.717) is 0 Å². The van der Waals surface area contributed by atoms with Crippen LogP contribution >= 0.6 is 50.9 Å². The van der Waals surface area contributed by atoms with Gasteiger partial charge in [0.1, 0.15) is 0 Å². The molecule has 1 aliphatic heterocycles. The third-order valence-corrected chi connectivity index (χ3v) is 22.2. The van der Waals surface area contributed by atoms with Gasteiger partial charge in [0.25, 0.3) is 0 Å². The van der Waals surface area contributed by atoms with Crippen LogP contribution < -0.4 is 0 Å². The molecular weight excluding hydrogens is 479 g/mol. The maximum Gasteiger partial charge on any atom is 0.239 e. The van der Waals surface area contributed by atoms with Crippen molar-refractivity contribution in [2.45, 2.75) is 0 Å². The predicted molar refractivity (Wildman–Crippen MR) is 131 cm³/mol. The van der Waals surface area contributed by atoms with Gasteiger partial charge in [-0.2, -0.15) is 18.1 Å². The molecule has 10 nitrogen and oxygen atoms in total. The molecule has 0 radical (unpaired) electrons. The van der Waals surface area contributed by atoms with E-state index in [0.717, 1.165) is 0 Å². The van der Waals surface area contributed by atoms with Gasteiger partial charge in [-0.3, -0.25) is 0 Å². The summed E-state index contributed by atoms with van der Waals surface area (Å²) in [7, 11) is 18.0. The lowest BCUT2D eigenvalue weighted by molar-refractivity contribution is 0.556. The monoisotopic (exact) mass is 514 g/mol. The molecule has 0 aromatic rings. The van der Waals surface area contributed by atoms with Gasteiger partial charge in [-0.05, 0) is 107 Å². The lowest BCUT2D eigenvalue weighted by atomic mass is 11.3. The van der Waals surface area contributed by atoms with Crippen molar-refractivity contribution in [2.24, 2.45) is 18.1 Å². The summed E-state index contributed by atoms with van der Waals surface area (Å²) >= 11 is 14.4. The number of rotatable bonds is 6. The molecule has 0 N–H and O–H groups in total. The van der Waals surface area contributed by atoms with Crippen LogP contribution in [0.1, 0.15) is 0 Å². The molecule has 0 aliphatic carbocycles. The zero-order valence-corrected chi connectivity index (χ0v) is 24.1. The Balaban J connectivity index is 4.39. The largest absolute Gasteiger partial charge is 0.246 e. The highest BCUT2D eigenvalue weighted by molar-refractivity contribution is 7.99. The van der Waals surface area contributed by atoms with Crippen LogP contribution in [0.15, 0.2) is 18.1 Å². The molecule has 0 amide bonds. The lowest BCUT2D eigenvalue weighted by Gasteiger charge is -2.42. The molecule has 0 saturated heterocycles. The predicted octanol–water partition coefficient (Wildman–Crippen LogP) is 5.63. The summed E-state index contributed by atoms with van der Waals surface area (Å²) in [6.45, 7) is -5.62. The fourth-order valence-electron chi connectivity index (χ4n) is 2.36. The molecule has 0 fully saturated rings. The summed E-state index contributed by atoms with van der Waals surface area (Å²) in [6.07, 6.45) is 0. The quantitative estimate of drug-likeness (QED) is 0.427.